The van der Waals surface area contributed by atoms with Crippen LogP contribution in [0.2, 0.25) is 0 Å². The maximum absolute atomic E-state index is 12.2. The molecule has 1 aliphatic rings. The van der Waals surface area contributed by atoms with Crippen molar-refractivity contribution in [1.29, 1.82) is 0 Å². The topological polar surface area (TPSA) is 166 Å². The molecule has 0 bridgehead atoms. The molecule has 14 heteroatoms. The van der Waals surface area contributed by atoms with Crippen molar-refractivity contribution in [1.82, 2.24) is 14.8 Å². The van der Waals surface area contributed by atoms with Crippen molar-refractivity contribution in [2.75, 3.05) is 26.1 Å². The number of ether oxygens (including phenoxy) is 6. The van der Waals surface area contributed by atoms with Crippen LogP contribution in [0, 0.1) is 0 Å². The molecule has 1 fully saturated rings. The standard InChI is InChI=1S/C22H26N4O10/c1-11(27)33-10-16-17(34-12(2)28)18(35-13(3)29)20(36-16)26-22(24-19(25-26)21(30)32-5)23-14-7-6-8-15(9-14)31-4/h6-9,16-18,20H,10H2,1-5H3,(H,23,24,25)/t16-,17-,18-,20-/m1/s1. The van der Waals surface area contributed by atoms with E-state index in [4.69, 9.17) is 28.4 Å². The van der Waals surface area contributed by atoms with Crippen molar-refractivity contribution in [3.8, 4) is 5.75 Å². The van der Waals surface area contributed by atoms with Crippen LogP contribution in [0.5, 0.6) is 5.75 Å². The van der Waals surface area contributed by atoms with Gasteiger partial charge in [0, 0.05) is 32.5 Å². The maximum Gasteiger partial charge on any atom is 0.378 e. The van der Waals surface area contributed by atoms with Gasteiger partial charge in [-0.15, -0.1) is 5.10 Å². The van der Waals surface area contributed by atoms with E-state index in [0.29, 0.717) is 11.4 Å². The van der Waals surface area contributed by atoms with Gasteiger partial charge in [-0.25, -0.2) is 4.79 Å². The molecule has 1 N–H and O–H groups in total. The van der Waals surface area contributed by atoms with Crippen LogP contribution in [0.4, 0.5) is 11.6 Å². The Bertz CT molecular complexity index is 1130. The lowest BCUT2D eigenvalue weighted by Gasteiger charge is -2.23. The lowest BCUT2D eigenvalue weighted by Crippen LogP contribution is -2.40. The number of anilines is 2. The number of rotatable bonds is 9. The minimum Gasteiger partial charge on any atom is -0.497 e. The molecular formula is C22H26N4O10. The normalized spacial score (nSPS) is 20.8. The summed E-state index contributed by atoms with van der Waals surface area (Å²) < 4.78 is 32.9. The van der Waals surface area contributed by atoms with Crippen LogP contribution in [-0.4, -0.2) is 77.8 Å². The van der Waals surface area contributed by atoms with Gasteiger partial charge in [-0.05, 0) is 12.1 Å². The summed E-state index contributed by atoms with van der Waals surface area (Å²) in [5, 5.41) is 7.18. The first kappa shape index (κ1) is 26.4. The number of hydrogen-bond donors (Lipinski definition) is 1. The molecule has 14 nitrogen and oxygen atoms in total. The van der Waals surface area contributed by atoms with E-state index in [0.717, 1.165) is 18.7 Å². The maximum atomic E-state index is 12.2. The molecule has 2 aromatic rings. The molecule has 0 spiro atoms. The zero-order valence-corrected chi connectivity index (χ0v) is 20.3. The second-order valence-electron chi connectivity index (χ2n) is 7.57. The van der Waals surface area contributed by atoms with Crippen molar-refractivity contribution in [2.45, 2.75) is 45.3 Å². The predicted molar refractivity (Wildman–Crippen MR) is 119 cm³/mol. The molecule has 1 aromatic carbocycles. The number of nitrogens with zero attached hydrogens (tertiary/aromatic N) is 3. The van der Waals surface area contributed by atoms with Gasteiger partial charge in [0.05, 0.1) is 14.2 Å². The number of benzene rings is 1. The first-order valence-electron chi connectivity index (χ1n) is 10.7. The number of carbonyl (C=O) groups is 4. The third-order valence-electron chi connectivity index (χ3n) is 4.91. The van der Waals surface area contributed by atoms with Crippen LogP contribution < -0.4 is 10.1 Å². The molecule has 2 heterocycles. The summed E-state index contributed by atoms with van der Waals surface area (Å²) in [5.41, 5.74) is 0.523. The van der Waals surface area contributed by atoms with Crippen LogP contribution in [-0.2, 0) is 38.1 Å². The van der Waals surface area contributed by atoms with Crippen molar-refractivity contribution >= 4 is 35.5 Å². The van der Waals surface area contributed by atoms with Gasteiger partial charge in [0.2, 0.25) is 5.95 Å². The van der Waals surface area contributed by atoms with Crippen LogP contribution in [0.1, 0.15) is 37.6 Å². The lowest BCUT2D eigenvalue weighted by atomic mass is 10.1. The van der Waals surface area contributed by atoms with Gasteiger partial charge in [0.15, 0.2) is 18.4 Å². The summed E-state index contributed by atoms with van der Waals surface area (Å²) in [5.74, 6) is -2.57. The molecule has 0 aliphatic carbocycles. The first-order chi connectivity index (χ1) is 17.1. The van der Waals surface area contributed by atoms with Crippen molar-refractivity contribution in [2.24, 2.45) is 0 Å². The molecule has 4 atom stereocenters. The van der Waals surface area contributed by atoms with Crippen LogP contribution in [0.15, 0.2) is 24.3 Å². The predicted octanol–water partition coefficient (Wildman–Crippen LogP) is 1.14. The average Bonchev–Trinajstić information content (AvgIpc) is 3.38. The fraction of sp³-hybridized carbons (Fsp3) is 0.455. The number of aromatic nitrogens is 3. The SMILES string of the molecule is COC(=O)c1nc(Nc2cccc(OC)c2)n([C@@H]2O[C@H](COC(C)=O)[C@@H](OC(C)=O)[C@H]2OC(C)=O)n1. The number of nitrogens with one attached hydrogen (secondary N) is 1. The average molecular weight is 506 g/mol. The Kier molecular flexibility index (Phi) is 8.42. The van der Waals surface area contributed by atoms with Gasteiger partial charge in [0.25, 0.3) is 5.82 Å². The quantitative estimate of drug-likeness (QED) is 0.380. The summed E-state index contributed by atoms with van der Waals surface area (Å²) in [6.07, 6.45) is -4.66. The van der Waals surface area contributed by atoms with Gasteiger partial charge < -0.3 is 33.7 Å². The van der Waals surface area contributed by atoms with Gasteiger partial charge in [-0.1, -0.05) is 6.07 Å². The third-order valence-corrected chi connectivity index (χ3v) is 4.91. The second kappa shape index (κ2) is 11.5. The largest absolute Gasteiger partial charge is 0.497 e. The molecule has 0 unspecified atom stereocenters. The van der Waals surface area contributed by atoms with Crippen molar-refractivity contribution < 1.29 is 47.6 Å². The summed E-state index contributed by atoms with van der Waals surface area (Å²) in [7, 11) is 2.67. The molecule has 0 radical (unpaired) electrons. The molecule has 194 valence electrons. The Labute approximate surface area is 205 Å². The number of methoxy groups -OCH3 is 2. The molecular weight excluding hydrogens is 480 g/mol. The van der Waals surface area contributed by atoms with E-state index in [1.807, 2.05) is 0 Å². The molecule has 0 saturated carbocycles. The number of esters is 4. The van der Waals surface area contributed by atoms with Gasteiger partial charge in [-0.2, -0.15) is 9.67 Å². The third kappa shape index (κ3) is 6.27. The van der Waals surface area contributed by atoms with E-state index in [9.17, 15) is 19.2 Å². The zero-order valence-electron chi connectivity index (χ0n) is 20.3. The van der Waals surface area contributed by atoms with Crippen molar-refractivity contribution in [3.63, 3.8) is 0 Å². The highest BCUT2D eigenvalue weighted by molar-refractivity contribution is 5.85. The van der Waals surface area contributed by atoms with Gasteiger partial charge in [-0.3, -0.25) is 14.4 Å². The van der Waals surface area contributed by atoms with Crippen LogP contribution in [0.3, 0.4) is 0 Å². The molecule has 1 aromatic heterocycles. The summed E-state index contributed by atoms with van der Waals surface area (Å²) in [6, 6.07) is 6.84. The highest BCUT2D eigenvalue weighted by Crippen LogP contribution is 2.36. The highest BCUT2D eigenvalue weighted by atomic mass is 16.7. The second-order valence-corrected chi connectivity index (χ2v) is 7.57. The van der Waals surface area contributed by atoms with E-state index in [-0.39, 0.29) is 18.4 Å². The Morgan fingerprint density at radius 2 is 1.72 bits per heavy atom. The molecule has 1 aliphatic heterocycles. The van der Waals surface area contributed by atoms with E-state index in [1.54, 1.807) is 24.3 Å². The van der Waals surface area contributed by atoms with Crippen LogP contribution in [0.25, 0.3) is 0 Å². The smallest absolute Gasteiger partial charge is 0.378 e. The number of carbonyl (C=O) groups excluding carboxylic acids is 4. The van der Waals surface area contributed by atoms with E-state index >= 15 is 0 Å². The van der Waals surface area contributed by atoms with Gasteiger partial charge >= 0.3 is 23.9 Å². The van der Waals surface area contributed by atoms with E-state index in [1.165, 1.54) is 21.0 Å². The first-order valence-corrected chi connectivity index (χ1v) is 10.7. The Balaban J connectivity index is 2.06. The highest BCUT2D eigenvalue weighted by Gasteiger charge is 2.52. The monoisotopic (exact) mass is 506 g/mol. The summed E-state index contributed by atoms with van der Waals surface area (Å²) in [6.45, 7) is 3.23. The summed E-state index contributed by atoms with van der Waals surface area (Å²) in [4.78, 5) is 51.5. The fourth-order valence-corrected chi connectivity index (χ4v) is 3.48. The van der Waals surface area contributed by atoms with E-state index < -0.39 is 48.4 Å². The summed E-state index contributed by atoms with van der Waals surface area (Å²) >= 11 is 0. The minimum atomic E-state index is -1.24. The lowest BCUT2D eigenvalue weighted by molar-refractivity contribution is -0.166. The Morgan fingerprint density at radius 3 is 2.33 bits per heavy atom. The Hall–Kier alpha value is -4.20. The number of hydrogen-bond acceptors (Lipinski definition) is 13. The van der Waals surface area contributed by atoms with Crippen LogP contribution >= 0.6 is 0 Å². The molecule has 0 amide bonds. The minimum absolute atomic E-state index is 0.0144. The molecule has 3 rings (SSSR count). The van der Waals surface area contributed by atoms with Crippen molar-refractivity contribution in [3.05, 3.63) is 30.1 Å². The Morgan fingerprint density at radius 1 is 1.03 bits per heavy atom. The molecule has 1 saturated heterocycles. The van der Waals surface area contributed by atoms with Gasteiger partial charge in [0.1, 0.15) is 18.5 Å². The zero-order chi connectivity index (χ0) is 26.4. The fourth-order valence-electron chi connectivity index (χ4n) is 3.48. The van der Waals surface area contributed by atoms with E-state index in [2.05, 4.69) is 15.4 Å². The molecule has 36 heavy (non-hydrogen) atoms.